The van der Waals surface area contributed by atoms with Gasteiger partial charge in [-0.25, -0.2) is 0 Å². The van der Waals surface area contributed by atoms with Gasteiger partial charge in [0.1, 0.15) is 5.78 Å². The van der Waals surface area contributed by atoms with E-state index < -0.39 is 0 Å². The molecule has 1 rings (SSSR count). The first kappa shape index (κ1) is 12.5. The predicted octanol–water partition coefficient (Wildman–Crippen LogP) is 3.84. The van der Waals surface area contributed by atoms with Gasteiger partial charge in [0.15, 0.2) is 0 Å². The van der Waals surface area contributed by atoms with E-state index in [9.17, 15) is 4.79 Å². The summed E-state index contributed by atoms with van der Waals surface area (Å²) in [6, 6.07) is 0. The highest BCUT2D eigenvalue weighted by molar-refractivity contribution is 5.82. The average Bonchev–Trinajstić information content (AvgIpc) is 1.99. The quantitative estimate of drug-likeness (QED) is 0.644. The molecule has 86 valence electrons. The van der Waals surface area contributed by atoms with Crippen molar-refractivity contribution in [3.8, 4) is 0 Å². The number of allylic oxidation sites excluding steroid dienone is 2. The summed E-state index contributed by atoms with van der Waals surface area (Å²) in [5.74, 6) is 1.54. The molecule has 0 bridgehead atoms. The zero-order chi connectivity index (χ0) is 11.6. The molecule has 0 amide bonds. The number of ketones is 1. The molecule has 0 aromatic heterocycles. The van der Waals surface area contributed by atoms with Gasteiger partial charge in [-0.15, -0.1) is 0 Å². The molecule has 2 atom stereocenters. The van der Waals surface area contributed by atoms with Crippen molar-refractivity contribution in [1.82, 2.24) is 0 Å². The van der Waals surface area contributed by atoms with Gasteiger partial charge < -0.3 is 0 Å². The van der Waals surface area contributed by atoms with E-state index in [0.29, 0.717) is 17.6 Å². The van der Waals surface area contributed by atoms with Gasteiger partial charge in [-0.2, -0.15) is 0 Å². The molecule has 0 heterocycles. The minimum Gasteiger partial charge on any atom is -0.299 e. The molecule has 2 unspecified atom stereocenters. The molecule has 0 fully saturated rings. The van der Waals surface area contributed by atoms with Crippen molar-refractivity contribution in [2.24, 2.45) is 23.2 Å². The van der Waals surface area contributed by atoms with E-state index in [1.54, 1.807) is 0 Å². The summed E-state index contributed by atoms with van der Waals surface area (Å²) in [5, 5.41) is 0. The normalized spacial score (nSPS) is 29.5. The van der Waals surface area contributed by atoms with Crippen molar-refractivity contribution in [2.75, 3.05) is 0 Å². The number of carbonyl (C=O) groups excluding carboxylic acids is 1. The van der Waals surface area contributed by atoms with E-state index in [-0.39, 0.29) is 11.3 Å². The van der Waals surface area contributed by atoms with Crippen LogP contribution in [0.4, 0.5) is 0 Å². The summed E-state index contributed by atoms with van der Waals surface area (Å²) < 4.78 is 0. The Kier molecular flexibility index (Phi) is 3.75. The molecular weight excluding hydrogens is 184 g/mol. The lowest BCUT2D eigenvalue weighted by atomic mass is 9.64. The Bertz CT molecular complexity index is 261. The molecule has 0 N–H and O–H groups in total. The van der Waals surface area contributed by atoms with Crippen LogP contribution in [0.15, 0.2) is 12.2 Å². The average molecular weight is 208 g/mol. The fraction of sp³-hybridized carbons (Fsp3) is 0.786. The molecule has 0 saturated carbocycles. The summed E-state index contributed by atoms with van der Waals surface area (Å²) in [5.41, 5.74) is 0.139. The molecule has 1 heteroatoms. The number of hydrogen-bond donors (Lipinski definition) is 0. The van der Waals surface area contributed by atoms with Crippen molar-refractivity contribution in [2.45, 2.75) is 47.5 Å². The number of carbonyl (C=O) groups is 1. The third kappa shape index (κ3) is 2.93. The van der Waals surface area contributed by atoms with Crippen molar-refractivity contribution >= 4 is 5.78 Å². The summed E-state index contributed by atoms with van der Waals surface area (Å²) in [6.45, 7) is 10.8. The Hall–Kier alpha value is -0.590. The van der Waals surface area contributed by atoms with E-state index in [2.05, 4.69) is 46.8 Å². The molecule has 0 spiro atoms. The Morgan fingerprint density at radius 1 is 1.47 bits per heavy atom. The standard InChI is InChI=1S/C14H24O/c1-10(2)9-12(15)13-11(3)7-6-8-14(13,4)5/h6-7,10-11,13H,8-9H2,1-5H3. The molecule has 1 aliphatic rings. The summed E-state index contributed by atoms with van der Waals surface area (Å²) in [4.78, 5) is 12.2. The van der Waals surface area contributed by atoms with Crippen LogP contribution in [0.1, 0.15) is 47.5 Å². The second-order valence-electron chi connectivity index (χ2n) is 6.02. The largest absolute Gasteiger partial charge is 0.299 e. The number of Topliss-reactive ketones (excluding diaryl/α,β-unsaturated/α-hetero) is 1. The van der Waals surface area contributed by atoms with Crippen molar-refractivity contribution in [3.63, 3.8) is 0 Å². The number of rotatable bonds is 3. The Morgan fingerprint density at radius 2 is 2.07 bits per heavy atom. The molecule has 0 aromatic carbocycles. The van der Waals surface area contributed by atoms with Crippen molar-refractivity contribution in [1.29, 1.82) is 0 Å². The number of hydrogen-bond acceptors (Lipinski definition) is 1. The summed E-state index contributed by atoms with van der Waals surface area (Å²) in [7, 11) is 0. The lowest BCUT2D eigenvalue weighted by Crippen LogP contribution is -2.37. The molecule has 1 nitrogen and oxygen atoms in total. The Balaban J connectivity index is 2.81. The van der Waals surface area contributed by atoms with Crippen LogP contribution in [0.2, 0.25) is 0 Å². The molecule has 0 radical (unpaired) electrons. The van der Waals surface area contributed by atoms with Crippen LogP contribution in [0.5, 0.6) is 0 Å². The monoisotopic (exact) mass is 208 g/mol. The Labute approximate surface area is 93.9 Å². The van der Waals surface area contributed by atoms with Crippen LogP contribution in [0.3, 0.4) is 0 Å². The van der Waals surface area contributed by atoms with Gasteiger partial charge in [-0.3, -0.25) is 4.79 Å². The second-order valence-corrected chi connectivity index (χ2v) is 6.02. The Morgan fingerprint density at radius 3 is 2.53 bits per heavy atom. The van der Waals surface area contributed by atoms with E-state index in [1.165, 1.54) is 0 Å². The fourth-order valence-corrected chi connectivity index (χ4v) is 2.79. The smallest absolute Gasteiger partial charge is 0.137 e. The lowest BCUT2D eigenvalue weighted by Gasteiger charge is -2.39. The van der Waals surface area contributed by atoms with Crippen LogP contribution in [0, 0.1) is 23.2 Å². The van der Waals surface area contributed by atoms with E-state index in [1.807, 2.05) is 0 Å². The molecule has 0 aromatic rings. The minimum atomic E-state index is 0.139. The topological polar surface area (TPSA) is 17.1 Å². The first-order chi connectivity index (χ1) is 6.84. The summed E-state index contributed by atoms with van der Waals surface area (Å²) in [6.07, 6.45) is 6.19. The lowest BCUT2D eigenvalue weighted by molar-refractivity contribution is -0.128. The maximum atomic E-state index is 12.2. The molecule has 0 saturated heterocycles. The molecule has 15 heavy (non-hydrogen) atoms. The zero-order valence-electron chi connectivity index (χ0n) is 10.7. The van der Waals surface area contributed by atoms with Gasteiger partial charge in [0, 0.05) is 12.3 Å². The zero-order valence-corrected chi connectivity index (χ0v) is 10.7. The molecular formula is C14H24O. The van der Waals surface area contributed by atoms with E-state index >= 15 is 0 Å². The molecule has 1 aliphatic carbocycles. The maximum Gasteiger partial charge on any atom is 0.137 e. The predicted molar refractivity (Wildman–Crippen MR) is 64.7 cm³/mol. The van der Waals surface area contributed by atoms with Crippen LogP contribution in [0.25, 0.3) is 0 Å². The third-order valence-electron chi connectivity index (χ3n) is 3.41. The van der Waals surface area contributed by atoms with Crippen LogP contribution in [-0.2, 0) is 4.79 Å². The first-order valence-corrected chi connectivity index (χ1v) is 6.04. The minimum absolute atomic E-state index is 0.139. The highest BCUT2D eigenvalue weighted by Crippen LogP contribution is 2.41. The van der Waals surface area contributed by atoms with Crippen LogP contribution >= 0.6 is 0 Å². The fourth-order valence-electron chi connectivity index (χ4n) is 2.79. The third-order valence-corrected chi connectivity index (χ3v) is 3.41. The second kappa shape index (κ2) is 4.51. The van der Waals surface area contributed by atoms with Gasteiger partial charge in [0.05, 0.1) is 0 Å². The highest BCUT2D eigenvalue weighted by atomic mass is 16.1. The van der Waals surface area contributed by atoms with Crippen LogP contribution < -0.4 is 0 Å². The highest BCUT2D eigenvalue weighted by Gasteiger charge is 2.38. The van der Waals surface area contributed by atoms with Crippen LogP contribution in [-0.4, -0.2) is 5.78 Å². The van der Waals surface area contributed by atoms with E-state index in [0.717, 1.165) is 12.8 Å². The van der Waals surface area contributed by atoms with E-state index in [4.69, 9.17) is 0 Å². The first-order valence-electron chi connectivity index (χ1n) is 6.04. The SMILES string of the molecule is CC(C)CC(=O)C1C(C)C=CCC1(C)C. The van der Waals surface area contributed by atoms with Crippen molar-refractivity contribution in [3.05, 3.63) is 12.2 Å². The van der Waals surface area contributed by atoms with Gasteiger partial charge in [-0.05, 0) is 23.7 Å². The van der Waals surface area contributed by atoms with Gasteiger partial charge in [0.2, 0.25) is 0 Å². The summed E-state index contributed by atoms with van der Waals surface area (Å²) >= 11 is 0. The maximum absolute atomic E-state index is 12.2. The molecule has 0 aliphatic heterocycles. The van der Waals surface area contributed by atoms with Gasteiger partial charge >= 0.3 is 0 Å². The van der Waals surface area contributed by atoms with Crippen molar-refractivity contribution < 1.29 is 4.79 Å². The van der Waals surface area contributed by atoms with Gasteiger partial charge in [0.25, 0.3) is 0 Å². The van der Waals surface area contributed by atoms with Gasteiger partial charge in [-0.1, -0.05) is 46.8 Å².